The van der Waals surface area contributed by atoms with Crippen molar-refractivity contribution >= 4 is 11.6 Å². The molecule has 1 unspecified atom stereocenters. The lowest BCUT2D eigenvalue weighted by Crippen LogP contribution is -2.20. The highest BCUT2D eigenvalue weighted by Gasteiger charge is 2.14. The van der Waals surface area contributed by atoms with Crippen molar-refractivity contribution in [2.24, 2.45) is 0 Å². The molecule has 1 heterocycles. The van der Waals surface area contributed by atoms with E-state index < -0.39 is 0 Å². The van der Waals surface area contributed by atoms with Crippen molar-refractivity contribution in [3.63, 3.8) is 0 Å². The first-order valence-corrected chi connectivity index (χ1v) is 6.83. The molecule has 2 rings (SSSR count). The number of aryl methyl sites for hydroxylation is 2. The van der Waals surface area contributed by atoms with Crippen LogP contribution in [-0.2, 0) is 6.42 Å². The summed E-state index contributed by atoms with van der Waals surface area (Å²) in [5, 5.41) is 4.01. The summed E-state index contributed by atoms with van der Waals surface area (Å²) < 4.78 is 0. The van der Waals surface area contributed by atoms with Gasteiger partial charge in [0.15, 0.2) is 0 Å². The molecule has 0 spiro atoms. The largest absolute Gasteiger partial charge is 0.311 e. The number of hydrogen-bond acceptors (Lipinski definition) is 2. The Bertz CT molecular complexity index is 566. The Balaban J connectivity index is 2.24. The Hall–Kier alpha value is -1.38. The van der Waals surface area contributed by atoms with Crippen LogP contribution in [0.5, 0.6) is 0 Å². The first-order valence-electron chi connectivity index (χ1n) is 6.45. The fourth-order valence-electron chi connectivity index (χ4n) is 2.16. The SMILES string of the molecule is CNC(Cc1ccc(C)c(C)c1)c1ncccc1Cl. The van der Waals surface area contributed by atoms with Gasteiger partial charge >= 0.3 is 0 Å². The van der Waals surface area contributed by atoms with Crippen molar-refractivity contribution in [1.82, 2.24) is 10.3 Å². The summed E-state index contributed by atoms with van der Waals surface area (Å²) in [6, 6.07) is 10.4. The predicted molar refractivity (Wildman–Crippen MR) is 80.7 cm³/mol. The second kappa shape index (κ2) is 6.18. The van der Waals surface area contributed by atoms with Crippen LogP contribution < -0.4 is 5.32 Å². The summed E-state index contributed by atoms with van der Waals surface area (Å²) in [4.78, 5) is 4.39. The number of pyridine rings is 1. The zero-order valence-corrected chi connectivity index (χ0v) is 12.3. The third kappa shape index (κ3) is 3.34. The molecule has 0 aliphatic carbocycles. The minimum Gasteiger partial charge on any atom is -0.311 e. The van der Waals surface area contributed by atoms with E-state index >= 15 is 0 Å². The highest BCUT2D eigenvalue weighted by atomic mass is 35.5. The van der Waals surface area contributed by atoms with Crippen molar-refractivity contribution in [2.75, 3.05) is 7.05 Å². The molecule has 0 fully saturated rings. The lowest BCUT2D eigenvalue weighted by molar-refractivity contribution is 0.576. The Morgan fingerprint density at radius 2 is 2.00 bits per heavy atom. The first kappa shape index (κ1) is 14.0. The molecule has 0 saturated carbocycles. The molecular formula is C16H19ClN2. The second-order valence-corrected chi connectivity index (χ2v) is 5.24. The minimum absolute atomic E-state index is 0.135. The van der Waals surface area contributed by atoms with E-state index in [0.29, 0.717) is 5.02 Å². The zero-order valence-electron chi connectivity index (χ0n) is 11.6. The molecule has 2 aromatic rings. The maximum Gasteiger partial charge on any atom is 0.0762 e. The van der Waals surface area contributed by atoms with E-state index in [0.717, 1.165) is 12.1 Å². The van der Waals surface area contributed by atoms with Gasteiger partial charge in [-0.1, -0.05) is 29.8 Å². The van der Waals surface area contributed by atoms with Gasteiger partial charge in [0.25, 0.3) is 0 Å². The maximum absolute atomic E-state index is 6.22. The van der Waals surface area contributed by atoms with Gasteiger partial charge in [-0.2, -0.15) is 0 Å². The topological polar surface area (TPSA) is 24.9 Å². The van der Waals surface area contributed by atoms with Crippen molar-refractivity contribution in [3.8, 4) is 0 Å². The Morgan fingerprint density at radius 3 is 2.63 bits per heavy atom. The monoisotopic (exact) mass is 274 g/mol. The van der Waals surface area contributed by atoms with Gasteiger partial charge in [0.1, 0.15) is 0 Å². The molecule has 0 aliphatic rings. The number of hydrogen-bond donors (Lipinski definition) is 1. The van der Waals surface area contributed by atoms with E-state index in [1.165, 1.54) is 16.7 Å². The maximum atomic E-state index is 6.22. The molecule has 2 nitrogen and oxygen atoms in total. The third-order valence-electron chi connectivity index (χ3n) is 3.48. The smallest absolute Gasteiger partial charge is 0.0762 e. The highest BCUT2D eigenvalue weighted by Crippen LogP contribution is 2.24. The van der Waals surface area contributed by atoms with Gasteiger partial charge in [-0.15, -0.1) is 0 Å². The summed E-state index contributed by atoms with van der Waals surface area (Å²) in [6.07, 6.45) is 2.67. The van der Waals surface area contributed by atoms with Gasteiger partial charge in [0.05, 0.1) is 16.8 Å². The zero-order chi connectivity index (χ0) is 13.8. The third-order valence-corrected chi connectivity index (χ3v) is 3.80. The standard InChI is InChI=1S/C16H19ClN2/c1-11-6-7-13(9-12(11)2)10-15(18-3)16-14(17)5-4-8-19-16/h4-9,15,18H,10H2,1-3H3. The van der Waals surface area contributed by atoms with Crippen molar-refractivity contribution in [1.29, 1.82) is 0 Å². The van der Waals surface area contributed by atoms with Crippen LogP contribution in [0.1, 0.15) is 28.4 Å². The van der Waals surface area contributed by atoms with E-state index in [2.05, 4.69) is 42.3 Å². The summed E-state index contributed by atoms with van der Waals surface area (Å²) >= 11 is 6.22. The van der Waals surface area contributed by atoms with E-state index in [1.807, 2.05) is 19.2 Å². The highest BCUT2D eigenvalue weighted by molar-refractivity contribution is 6.31. The lowest BCUT2D eigenvalue weighted by Gasteiger charge is -2.17. The molecule has 1 aromatic carbocycles. The van der Waals surface area contributed by atoms with Crippen LogP contribution in [0.2, 0.25) is 5.02 Å². The van der Waals surface area contributed by atoms with Crippen LogP contribution in [0.25, 0.3) is 0 Å². The Kier molecular flexibility index (Phi) is 4.56. The molecule has 0 saturated heterocycles. The van der Waals surface area contributed by atoms with Gasteiger partial charge in [0.2, 0.25) is 0 Å². The molecule has 0 radical (unpaired) electrons. The number of rotatable bonds is 4. The van der Waals surface area contributed by atoms with Crippen LogP contribution in [0, 0.1) is 13.8 Å². The number of halogens is 1. The number of likely N-dealkylation sites (N-methyl/N-ethyl adjacent to an activating group) is 1. The summed E-state index contributed by atoms with van der Waals surface area (Å²) in [5.74, 6) is 0. The molecule has 1 N–H and O–H groups in total. The normalized spacial score (nSPS) is 12.4. The Morgan fingerprint density at radius 1 is 1.21 bits per heavy atom. The fourth-order valence-corrected chi connectivity index (χ4v) is 2.41. The van der Waals surface area contributed by atoms with Gasteiger partial charge in [-0.05, 0) is 56.1 Å². The van der Waals surface area contributed by atoms with Crippen molar-refractivity contribution in [3.05, 3.63) is 63.9 Å². The van der Waals surface area contributed by atoms with Crippen molar-refractivity contribution < 1.29 is 0 Å². The number of nitrogens with one attached hydrogen (secondary N) is 1. The van der Waals surface area contributed by atoms with Crippen LogP contribution >= 0.6 is 11.6 Å². The molecule has 1 atom stereocenters. The molecule has 19 heavy (non-hydrogen) atoms. The van der Waals surface area contributed by atoms with E-state index in [-0.39, 0.29) is 6.04 Å². The fraction of sp³-hybridized carbons (Fsp3) is 0.312. The summed E-state index contributed by atoms with van der Waals surface area (Å²) in [5.41, 5.74) is 4.84. The van der Waals surface area contributed by atoms with Crippen LogP contribution in [0.15, 0.2) is 36.5 Å². The van der Waals surface area contributed by atoms with Gasteiger partial charge in [0, 0.05) is 6.20 Å². The number of aromatic nitrogens is 1. The van der Waals surface area contributed by atoms with Crippen LogP contribution in [0.3, 0.4) is 0 Å². The second-order valence-electron chi connectivity index (χ2n) is 4.83. The molecular weight excluding hydrogens is 256 g/mol. The van der Waals surface area contributed by atoms with Crippen molar-refractivity contribution in [2.45, 2.75) is 26.3 Å². The van der Waals surface area contributed by atoms with Gasteiger partial charge in [-0.3, -0.25) is 4.98 Å². The summed E-state index contributed by atoms with van der Waals surface area (Å²) in [7, 11) is 1.94. The minimum atomic E-state index is 0.135. The average Bonchev–Trinajstić information content (AvgIpc) is 2.41. The molecule has 3 heteroatoms. The van der Waals surface area contributed by atoms with E-state index in [4.69, 9.17) is 11.6 Å². The lowest BCUT2D eigenvalue weighted by atomic mass is 9.99. The molecule has 0 aliphatic heterocycles. The summed E-state index contributed by atoms with van der Waals surface area (Å²) in [6.45, 7) is 4.27. The average molecular weight is 275 g/mol. The number of nitrogens with zero attached hydrogens (tertiary/aromatic N) is 1. The van der Waals surface area contributed by atoms with Crippen LogP contribution in [-0.4, -0.2) is 12.0 Å². The quantitative estimate of drug-likeness (QED) is 0.916. The molecule has 0 bridgehead atoms. The van der Waals surface area contributed by atoms with E-state index in [1.54, 1.807) is 6.20 Å². The predicted octanol–water partition coefficient (Wildman–Crippen LogP) is 3.86. The van der Waals surface area contributed by atoms with Crippen LogP contribution in [0.4, 0.5) is 0 Å². The molecule has 0 amide bonds. The van der Waals surface area contributed by atoms with Gasteiger partial charge < -0.3 is 5.32 Å². The van der Waals surface area contributed by atoms with E-state index in [9.17, 15) is 0 Å². The first-order chi connectivity index (χ1) is 9.11. The van der Waals surface area contributed by atoms with Gasteiger partial charge in [-0.25, -0.2) is 0 Å². The molecule has 100 valence electrons. The number of benzene rings is 1. The molecule has 1 aromatic heterocycles. The Labute approximate surface area is 119 Å².